The van der Waals surface area contributed by atoms with Gasteiger partial charge in [0.1, 0.15) is 6.10 Å². The van der Waals surface area contributed by atoms with Gasteiger partial charge in [0.05, 0.1) is 6.61 Å². The fourth-order valence-electron chi connectivity index (χ4n) is 3.69. The number of carbonyl (C=O) groups excluding carboxylic acids is 2. The summed E-state index contributed by atoms with van der Waals surface area (Å²) in [5.74, 6) is -0.344. The van der Waals surface area contributed by atoms with E-state index in [-0.39, 0.29) is 23.8 Å². The molecule has 0 aromatic heterocycles. The van der Waals surface area contributed by atoms with E-state index in [1.54, 1.807) is 0 Å². The Morgan fingerprint density at radius 3 is 2.77 bits per heavy atom. The largest absolute Gasteiger partial charge is 0.462 e. The molecule has 3 unspecified atom stereocenters. The van der Waals surface area contributed by atoms with Crippen LogP contribution in [0.3, 0.4) is 0 Å². The minimum Gasteiger partial charge on any atom is -0.462 e. The molecule has 0 spiro atoms. The van der Waals surface area contributed by atoms with Crippen molar-refractivity contribution in [2.75, 3.05) is 6.61 Å². The van der Waals surface area contributed by atoms with Crippen LogP contribution in [-0.2, 0) is 19.1 Å². The van der Waals surface area contributed by atoms with Crippen LogP contribution in [0.2, 0.25) is 0 Å². The van der Waals surface area contributed by atoms with Crippen LogP contribution >= 0.6 is 0 Å². The molecule has 1 fully saturated rings. The van der Waals surface area contributed by atoms with Crippen LogP contribution < -0.4 is 0 Å². The fraction of sp³-hybridized carbons (Fsp3) is 0.545. The first-order valence-corrected chi connectivity index (χ1v) is 9.32. The molecule has 0 bridgehead atoms. The third kappa shape index (κ3) is 5.20. The van der Waals surface area contributed by atoms with E-state index in [2.05, 4.69) is 26.2 Å². The Morgan fingerprint density at radius 1 is 1.38 bits per heavy atom. The summed E-state index contributed by atoms with van der Waals surface area (Å²) in [5.41, 5.74) is 3.96. The molecular formula is C22H30O4. The first kappa shape index (κ1) is 20.2. The lowest BCUT2D eigenvalue weighted by molar-refractivity contribution is -0.145. The highest BCUT2D eigenvalue weighted by Gasteiger charge is 2.36. The predicted octanol–water partition coefficient (Wildman–Crippen LogP) is 4.68. The van der Waals surface area contributed by atoms with Crippen LogP contribution in [0.15, 0.2) is 47.6 Å². The quantitative estimate of drug-likeness (QED) is 0.416. The highest BCUT2D eigenvalue weighted by molar-refractivity contribution is 5.90. The molecule has 26 heavy (non-hydrogen) atoms. The van der Waals surface area contributed by atoms with Gasteiger partial charge in [-0.25, -0.2) is 4.79 Å². The van der Waals surface area contributed by atoms with E-state index >= 15 is 0 Å². The summed E-state index contributed by atoms with van der Waals surface area (Å²) in [4.78, 5) is 23.8. The third-order valence-corrected chi connectivity index (χ3v) is 5.26. The van der Waals surface area contributed by atoms with Crippen molar-refractivity contribution in [3.05, 3.63) is 47.6 Å². The van der Waals surface area contributed by atoms with Crippen molar-refractivity contribution in [3.63, 3.8) is 0 Å². The number of rotatable bonds is 4. The zero-order chi connectivity index (χ0) is 19.3. The number of fused-ring (bicyclic) bond motifs is 1. The second kappa shape index (κ2) is 9.02. The minimum absolute atomic E-state index is 0.105. The van der Waals surface area contributed by atoms with Crippen molar-refractivity contribution in [3.8, 4) is 0 Å². The standard InChI is InChI=1S/C22H30O4/c1-14(2)21(26-17(5)23)12-11-19-18-10-9-15(3)7-6-8-16(4)20(18)13-25-22(19)24/h7,11,18,20-21H,1,4,6,8-10,12-13H2,2-3,5H3. The van der Waals surface area contributed by atoms with Gasteiger partial charge in [-0.15, -0.1) is 0 Å². The Bertz CT molecular complexity index is 653. The molecule has 2 aliphatic rings. The van der Waals surface area contributed by atoms with Gasteiger partial charge in [-0.2, -0.15) is 0 Å². The molecule has 0 aromatic rings. The SMILES string of the molecule is C=C(C)C(CC=C1C(=O)OCC2C(=C)CCC=C(C)CCC12)OC(C)=O. The Labute approximate surface area is 156 Å². The molecule has 1 saturated heterocycles. The van der Waals surface area contributed by atoms with Gasteiger partial charge >= 0.3 is 11.9 Å². The van der Waals surface area contributed by atoms with Gasteiger partial charge < -0.3 is 9.47 Å². The zero-order valence-electron chi connectivity index (χ0n) is 16.2. The highest BCUT2D eigenvalue weighted by atomic mass is 16.5. The maximum atomic E-state index is 12.5. The summed E-state index contributed by atoms with van der Waals surface area (Å²) in [7, 11) is 0. The number of allylic oxidation sites excluding steroid dienone is 2. The lowest BCUT2D eigenvalue weighted by Gasteiger charge is -2.34. The normalized spacial score (nSPS) is 26.6. The van der Waals surface area contributed by atoms with Gasteiger partial charge in [-0.1, -0.05) is 36.5 Å². The Balaban J connectivity index is 2.26. The maximum Gasteiger partial charge on any atom is 0.334 e. The van der Waals surface area contributed by atoms with Crippen molar-refractivity contribution in [1.82, 2.24) is 0 Å². The van der Waals surface area contributed by atoms with E-state index in [0.717, 1.165) is 36.8 Å². The molecule has 4 heteroatoms. The molecule has 0 N–H and O–H groups in total. The second-order valence-electron chi connectivity index (χ2n) is 7.44. The molecule has 0 saturated carbocycles. The number of esters is 2. The summed E-state index contributed by atoms with van der Waals surface area (Å²) in [5, 5.41) is 0. The summed E-state index contributed by atoms with van der Waals surface area (Å²) >= 11 is 0. The molecule has 2 rings (SSSR count). The molecule has 1 aliphatic heterocycles. The van der Waals surface area contributed by atoms with Crippen LogP contribution in [0, 0.1) is 11.8 Å². The smallest absolute Gasteiger partial charge is 0.334 e. The molecule has 0 amide bonds. The molecule has 3 atom stereocenters. The molecule has 142 valence electrons. The lowest BCUT2D eigenvalue weighted by Crippen LogP contribution is -2.34. The number of ether oxygens (including phenoxy) is 2. The summed E-state index contributed by atoms with van der Waals surface area (Å²) in [6.45, 7) is 13.9. The van der Waals surface area contributed by atoms with E-state index in [1.165, 1.54) is 12.5 Å². The Morgan fingerprint density at radius 2 is 2.12 bits per heavy atom. The van der Waals surface area contributed by atoms with Crippen LogP contribution in [0.4, 0.5) is 0 Å². The first-order valence-electron chi connectivity index (χ1n) is 9.32. The van der Waals surface area contributed by atoms with Crippen molar-refractivity contribution in [2.24, 2.45) is 11.8 Å². The van der Waals surface area contributed by atoms with Crippen molar-refractivity contribution in [1.29, 1.82) is 0 Å². The lowest BCUT2D eigenvalue weighted by atomic mass is 9.76. The summed E-state index contributed by atoms with van der Waals surface area (Å²) in [6, 6.07) is 0. The van der Waals surface area contributed by atoms with Gasteiger partial charge in [0.15, 0.2) is 0 Å². The maximum absolute atomic E-state index is 12.5. The molecule has 1 aliphatic carbocycles. The van der Waals surface area contributed by atoms with E-state index in [1.807, 2.05) is 13.0 Å². The van der Waals surface area contributed by atoms with Gasteiger partial charge in [0.2, 0.25) is 0 Å². The minimum atomic E-state index is -0.422. The van der Waals surface area contributed by atoms with Crippen LogP contribution in [-0.4, -0.2) is 24.6 Å². The summed E-state index contributed by atoms with van der Waals surface area (Å²) < 4.78 is 10.8. The summed E-state index contributed by atoms with van der Waals surface area (Å²) in [6.07, 6.45) is 7.94. The van der Waals surface area contributed by atoms with Crippen molar-refractivity contribution >= 4 is 11.9 Å². The van der Waals surface area contributed by atoms with Crippen LogP contribution in [0.1, 0.15) is 52.9 Å². The number of carbonyl (C=O) groups is 2. The number of cyclic esters (lactones) is 1. The van der Waals surface area contributed by atoms with E-state index in [0.29, 0.717) is 18.6 Å². The fourth-order valence-corrected chi connectivity index (χ4v) is 3.69. The number of hydrogen-bond donors (Lipinski definition) is 0. The van der Waals surface area contributed by atoms with Gasteiger partial charge in [0.25, 0.3) is 0 Å². The molecule has 0 aromatic carbocycles. The van der Waals surface area contributed by atoms with E-state index in [4.69, 9.17) is 9.47 Å². The number of hydrogen-bond acceptors (Lipinski definition) is 4. The topological polar surface area (TPSA) is 52.6 Å². The van der Waals surface area contributed by atoms with Crippen LogP contribution in [0.25, 0.3) is 0 Å². The van der Waals surface area contributed by atoms with E-state index < -0.39 is 6.10 Å². The highest BCUT2D eigenvalue weighted by Crippen LogP contribution is 2.39. The molecular weight excluding hydrogens is 328 g/mol. The second-order valence-corrected chi connectivity index (χ2v) is 7.44. The molecule has 1 heterocycles. The Kier molecular flexibility index (Phi) is 7.01. The molecule has 0 radical (unpaired) electrons. The monoisotopic (exact) mass is 358 g/mol. The molecule has 4 nitrogen and oxygen atoms in total. The van der Waals surface area contributed by atoms with Crippen molar-refractivity contribution < 1.29 is 19.1 Å². The first-order chi connectivity index (χ1) is 12.3. The van der Waals surface area contributed by atoms with Gasteiger partial charge in [-0.3, -0.25) is 4.79 Å². The van der Waals surface area contributed by atoms with E-state index in [9.17, 15) is 9.59 Å². The average Bonchev–Trinajstić information content (AvgIpc) is 2.62. The Hall–Kier alpha value is -2.10. The van der Waals surface area contributed by atoms with Crippen molar-refractivity contribution in [2.45, 2.75) is 59.0 Å². The van der Waals surface area contributed by atoms with Crippen LogP contribution in [0.5, 0.6) is 0 Å². The zero-order valence-corrected chi connectivity index (χ0v) is 16.2. The predicted molar refractivity (Wildman–Crippen MR) is 102 cm³/mol. The van der Waals surface area contributed by atoms with Gasteiger partial charge in [-0.05, 0) is 45.1 Å². The average molecular weight is 358 g/mol. The van der Waals surface area contributed by atoms with Gasteiger partial charge in [0, 0.05) is 30.8 Å². The third-order valence-electron chi connectivity index (χ3n) is 5.26.